The highest BCUT2D eigenvalue weighted by Gasteiger charge is 2.72. The Morgan fingerprint density at radius 1 is 0.977 bits per heavy atom. The second-order valence-corrected chi connectivity index (χ2v) is 15.5. The van der Waals surface area contributed by atoms with E-state index >= 15 is 0 Å². The maximum absolute atomic E-state index is 14.0. The molecule has 0 saturated heterocycles. The second-order valence-electron chi connectivity index (χ2n) is 15.5. The molecule has 0 amide bonds. The minimum Gasteiger partial charge on any atom is -0.460 e. The molecular formula is C35H48N4O4. The number of nitrogens with one attached hydrogen (secondary N) is 1. The van der Waals surface area contributed by atoms with E-state index in [0.717, 1.165) is 69.4 Å². The Morgan fingerprint density at radius 3 is 2.35 bits per heavy atom. The molecule has 5 aliphatic carbocycles. The third kappa shape index (κ3) is 4.59. The highest BCUT2D eigenvalue weighted by atomic mass is 16.5. The van der Waals surface area contributed by atoms with Gasteiger partial charge in [0.25, 0.3) is 0 Å². The van der Waals surface area contributed by atoms with Crippen LogP contribution >= 0.6 is 0 Å². The van der Waals surface area contributed by atoms with E-state index in [1.807, 2.05) is 30.3 Å². The van der Waals surface area contributed by atoms with E-state index in [-0.39, 0.29) is 46.2 Å². The Labute approximate surface area is 255 Å². The largest absolute Gasteiger partial charge is 0.460 e. The molecule has 5 aliphatic rings. The lowest BCUT2D eigenvalue weighted by atomic mass is 9.32. The van der Waals surface area contributed by atoms with E-state index in [4.69, 9.17) is 14.9 Å². The van der Waals surface area contributed by atoms with Crippen molar-refractivity contribution in [3.63, 3.8) is 0 Å². The van der Waals surface area contributed by atoms with Crippen molar-refractivity contribution in [2.24, 2.45) is 55.9 Å². The third-order valence-corrected chi connectivity index (χ3v) is 14.0. The molecule has 232 valence electrons. The monoisotopic (exact) mass is 588 g/mol. The zero-order valence-electron chi connectivity index (χ0n) is 26.5. The van der Waals surface area contributed by atoms with E-state index in [1.165, 1.54) is 0 Å². The molecule has 0 bridgehead atoms. The molecular weight excluding hydrogens is 540 g/mol. The van der Waals surface area contributed by atoms with E-state index in [1.54, 1.807) is 0 Å². The van der Waals surface area contributed by atoms with Crippen LogP contribution in [0.15, 0.2) is 35.4 Å². The van der Waals surface area contributed by atoms with E-state index in [0.29, 0.717) is 30.0 Å². The van der Waals surface area contributed by atoms with Crippen LogP contribution in [0.2, 0.25) is 0 Å². The van der Waals surface area contributed by atoms with Crippen LogP contribution in [-0.2, 0) is 25.7 Å². The molecule has 0 spiro atoms. The van der Waals surface area contributed by atoms with E-state index < -0.39 is 5.41 Å². The Kier molecular flexibility index (Phi) is 8.20. The topological polar surface area (TPSA) is 133 Å². The average molecular weight is 589 g/mol. The van der Waals surface area contributed by atoms with E-state index in [9.17, 15) is 15.1 Å². The summed E-state index contributed by atoms with van der Waals surface area (Å²) in [6.07, 6.45) is 10.2. The lowest BCUT2D eigenvalue weighted by molar-refractivity contribution is -0.234. The fraction of sp³-hybridized carbons (Fsp3) is 0.743. The summed E-state index contributed by atoms with van der Waals surface area (Å²) in [4.78, 5) is 38.7. The van der Waals surface area contributed by atoms with Gasteiger partial charge in [-0.1, -0.05) is 70.1 Å². The second kappa shape index (κ2) is 11.2. The Morgan fingerprint density at radius 2 is 1.67 bits per heavy atom. The predicted octanol–water partition coefficient (Wildman–Crippen LogP) is 8.34. The smallest absolute Gasteiger partial charge is 0.312 e. The highest BCUT2D eigenvalue weighted by Crippen LogP contribution is 2.76. The molecule has 1 N–H and O–H groups in total. The maximum Gasteiger partial charge on any atom is 0.312 e. The Balaban J connectivity index is 0.00000118. The number of esters is 1. The number of isocyanates is 1. The molecule has 0 unspecified atom stereocenters. The average Bonchev–Trinajstić information content (AvgIpc) is 3.35. The molecule has 8 heteroatoms. The van der Waals surface area contributed by atoms with Gasteiger partial charge in [0.1, 0.15) is 12.4 Å². The van der Waals surface area contributed by atoms with Crippen molar-refractivity contribution in [3.8, 4) is 0 Å². The van der Waals surface area contributed by atoms with Crippen LogP contribution in [-0.4, -0.2) is 23.9 Å². The van der Waals surface area contributed by atoms with Gasteiger partial charge in [0.15, 0.2) is 0 Å². The molecule has 0 aromatic heterocycles. The summed E-state index contributed by atoms with van der Waals surface area (Å²) < 4.78 is 6.06. The summed E-state index contributed by atoms with van der Waals surface area (Å²) >= 11 is 0. The van der Waals surface area contributed by atoms with Gasteiger partial charge in [-0.15, -0.1) is 0 Å². The van der Waals surface area contributed by atoms with Gasteiger partial charge in [0.2, 0.25) is 6.08 Å². The van der Waals surface area contributed by atoms with Crippen molar-refractivity contribution < 1.29 is 19.1 Å². The number of azide groups is 1. The summed E-state index contributed by atoms with van der Waals surface area (Å²) in [5.41, 5.74) is 10.0. The quantitative estimate of drug-likeness (QED) is 0.0944. The maximum atomic E-state index is 14.0. The first-order valence-corrected chi connectivity index (χ1v) is 16.2. The van der Waals surface area contributed by atoms with Gasteiger partial charge in [0, 0.05) is 22.8 Å². The molecule has 9 atom stereocenters. The van der Waals surface area contributed by atoms with Crippen LogP contribution in [0.1, 0.15) is 104 Å². The SMILES string of the molecule is CC1(C)C(=O)CC[C@]2(C)[C@H]3CC[C@@H]4[C@H]5[C@H](N=[N+]=[N-])CC[C@]5(C(=O)OCc5ccccc5)CC[C@@]4(C)[C@]3(C)CC[C@@H]12.N=C=O. The first kappa shape index (κ1) is 31.5. The highest BCUT2D eigenvalue weighted by molar-refractivity contribution is 5.85. The van der Waals surface area contributed by atoms with Crippen molar-refractivity contribution in [1.29, 1.82) is 5.41 Å². The van der Waals surface area contributed by atoms with Gasteiger partial charge in [-0.05, 0) is 109 Å². The number of Topliss-reactive ketones (excluding diaryl/α,β-unsaturated/α-hetero) is 1. The predicted molar refractivity (Wildman–Crippen MR) is 163 cm³/mol. The zero-order valence-corrected chi connectivity index (χ0v) is 26.5. The van der Waals surface area contributed by atoms with Gasteiger partial charge < -0.3 is 4.74 Å². The van der Waals surface area contributed by atoms with Crippen molar-refractivity contribution in [1.82, 2.24) is 0 Å². The number of ether oxygens (including phenoxy) is 1. The summed E-state index contributed by atoms with van der Waals surface area (Å²) in [5, 5.41) is 9.75. The number of benzene rings is 1. The summed E-state index contributed by atoms with van der Waals surface area (Å²) in [6, 6.07) is 9.76. The molecule has 5 saturated carbocycles. The number of carbonyl (C=O) groups excluding carboxylic acids is 3. The molecule has 1 aromatic carbocycles. The fourth-order valence-electron chi connectivity index (χ4n) is 11.8. The minimum absolute atomic E-state index is 0.0260. The van der Waals surface area contributed by atoms with E-state index in [2.05, 4.69) is 44.6 Å². The summed E-state index contributed by atoms with van der Waals surface area (Å²) in [7, 11) is 0. The summed E-state index contributed by atoms with van der Waals surface area (Å²) in [6.45, 7) is 12.3. The molecule has 0 aliphatic heterocycles. The van der Waals surface area contributed by atoms with Crippen LogP contribution < -0.4 is 0 Å². The number of hydrogen-bond acceptors (Lipinski definition) is 6. The Hall–Kier alpha value is -2.95. The number of ketones is 1. The first-order chi connectivity index (χ1) is 20.4. The molecule has 0 heterocycles. The Bertz CT molecular complexity index is 1330. The molecule has 1 aromatic rings. The van der Waals surface area contributed by atoms with Crippen molar-refractivity contribution >= 4 is 17.8 Å². The number of nitrogens with zero attached hydrogens (tertiary/aromatic N) is 3. The third-order valence-electron chi connectivity index (χ3n) is 14.0. The van der Waals surface area contributed by atoms with Crippen molar-refractivity contribution in [2.45, 2.75) is 111 Å². The molecule has 5 fully saturated rings. The minimum atomic E-state index is -0.568. The van der Waals surface area contributed by atoms with Gasteiger partial charge in [-0.2, -0.15) is 0 Å². The van der Waals surface area contributed by atoms with Crippen molar-refractivity contribution in [2.75, 3.05) is 0 Å². The van der Waals surface area contributed by atoms with Gasteiger partial charge in [-0.3, -0.25) is 9.59 Å². The lowest BCUT2D eigenvalue weighted by Gasteiger charge is -2.72. The molecule has 6 rings (SSSR count). The first-order valence-electron chi connectivity index (χ1n) is 16.2. The normalized spacial score (nSPS) is 42.3. The van der Waals surface area contributed by atoms with Crippen LogP contribution in [0.25, 0.3) is 10.4 Å². The molecule has 0 radical (unpaired) electrons. The molecule has 8 nitrogen and oxygen atoms in total. The number of rotatable bonds is 4. The van der Waals surface area contributed by atoms with Gasteiger partial charge in [-0.25, -0.2) is 10.2 Å². The number of hydrogen-bond donors (Lipinski definition) is 1. The van der Waals surface area contributed by atoms with Crippen LogP contribution in [0.4, 0.5) is 0 Å². The molecule has 43 heavy (non-hydrogen) atoms. The summed E-state index contributed by atoms with van der Waals surface area (Å²) in [5.74, 6) is 1.69. The zero-order chi connectivity index (χ0) is 31.3. The van der Waals surface area contributed by atoms with Crippen molar-refractivity contribution in [3.05, 3.63) is 46.3 Å². The van der Waals surface area contributed by atoms with Gasteiger partial charge in [0.05, 0.1) is 5.41 Å². The standard InChI is InChI=1S/C34H47N3O3.CHNO/c1-30(2)25-14-17-33(5)26(31(25,3)16-15-27(30)38)12-11-23-28-24(36-37-35)13-18-34(28,20-19-32(23,33)4)29(39)40-21-22-9-7-6-8-10-22;2-1-3/h6-10,23-26,28H,11-21H2,1-5H3;2H/t23-,24-,25+,26-,28+,31+,32-,33-,34+;/m1./s1. The van der Waals surface area contributed by atoms with Crippen LogP contribution in [0, 0.1) is 56.2 Å². The van der Waals surface area contributed by atoms with Crippen LogP contribution in [0.5, 0.6) is 0 Å². The number of carbonyl (C=O) groups is 2. The number of fused-ring (bicyclic) bond motifs is 7. The lowest BCUT2D eigenvalue weighted by Crippen LogP contribution is -2.67. The fourth-order valence-corrected chi connectivity index (χ4v) is 11.8. The van der Waals surface area contributed by atoms with Crippen LogP contribution in [0.3, 0.4) is 0 Å². The van der Waals surface area contributed by atoms with Gasteiger partial charge >= 0.3 is 5.97 Å².